The largest absolute Gasteiger partial charge is 0.374 e. The SMILES string of the molecule is CC(C)CN1CCOC(CNC(=O)C(Sc2ccccc2)c2ccccc2)C1. The van der Waals surface area contributed by atoms with E-state index in [0.29, 0.717) is 12.5 Å². The molecule has 5 heteroatoms. The molecule has 1 aliphatic rings. The van der Waals surface area contributed by atoms with Gasteiger partial charge in [0, 0.05) is 31.1 Å². The monoisotopic (exact) mass is 398 g/mol. The van der Waals surface area contributed by atoms with E-state index < -0.39 is 0 Å². The molecule has 4 nitrogen and oxygen atoms in total. The van der Waals surface area contributed by atoms with Gasteiger partial charge in [-0.2, -0.15) is 0 Å². The van der Waals surface area contributed by atoms with E-state index in [4.69, 9.17) is 4.74 Å². The van der Waals surface area contributed by atoms with Crippen LogP contribution in [0.4, 0.5) is 0 Å². The molecule has 0 radical (unpaired) electrons. The van der Waals surface area contributed by atoms with Crippen LogP contribution >= 0.6 is 11.8 Å². The van der Waals surface area contributed by atoms with E-state index in [2.05, 4.69) is 24.1 Å². The summed E-state index contributed by atoms with van der Waals surface area (Å²) in [6, 6.07) is 20.1. The first-order valence-electron chi connectivity index (χ1n) is 10.00. The van der Waals surface area contributed by atoms with Gasteiger partial charge in [-0.1, -0.05) is 62.4 Å². The summed E-state index contributed by atoms with van der Waals surface area (Å²) in [4.78, 5) is 16.6. The Morgan fingerprint density at radius 2 is 1.82 bits per heavy atom. The molecule has 0 aromatic heterocycles. The molecule has 1 N–H and O–H groups in total. The van der Waals surface area contributed by atoms with Crippen molar-refractivity contribution < 1.29 is 9.53 Å². The molecule has 1 aliphatic heterocycles. The van der Waals surface area contributed by atoms with E-state index in [-0.39, 0.29) is 17.3 Å². The van der Waals surface area contributed by atoms with Gasteiger partial charge in [-0.25, -0.2) is 0 Å². The second-order valence-corrected chi connectivity index (χ2v) is 8.79. The normalized spacial score (nSPS) is 18.8. The van der Waals surface area contributed by atoms with Gasteiger partial charge in [0.2, 0.25) is 5.91 Å². The molecule has 150 valence electrons. The number of carbonyl (C=O) groups is 1. The van der Waals surface area contributed by atoms with Crippen LogP contribution in [-0.4, -0.2) is 49.7 Å². The summed E-state index contributed by atoms with van der Waals surface area (Å²) in [7, 11) is 0. The Bertz CT molecular complexity index is 724. The zero-order chi connectivity index (χ0) is 19.8. The summed E-state index contributed by atoms with van der Waals surface area (Å²) < 4.78 is 5.88. The predicted molar refractivity (Wildman–Crippen MR) is 116 cm³/mol. The van der Waals surface area contributed by atoms with Crippen molar-refractivity contribution in [3.05, 3.63) is 66.2 Å². The van der Waals surface area contributed by atoms with Gasteiger partial charge in [0.15, 0.2) is 0 Å². The summed E-state index contributed by atoms with van der Waals surface area (Å²) in [5, 5.41) is 2.85. The van der Waals surface area contributed by atoms with Crippen molar-refractivity contribution in [2.24, 2.45) is 5.92 Å². The van der Waals surface area contributed by atoms with Gasteiger partial charge in [-0.3, -0.25) is 9.69 Å². The van der Waals surface area contributed by atoms with Crippen LogP contribution in [0.5, 0.6) is 0 Å². The zero-order valence-corrected chi connectivity index (χ0v) is 17.5. The lowest BCUT2D eigenvalue weighted by molar-refractivity contribution is -0.121. The number of hydrogen-bond acceptors (Lipinski definition) is 4. The lowest BCUT2D eigenvalue weighted by Gasteiger charge is -2.34. The molecule has 2 unspecified atom stereocenters. The van der Waals surface area contributed by atoms with E-state index in [9.17, 15) is 4.79 Å². The average Bonchev–Trinajstić information content (AvgIpc) is 2.71. The van der Waals surface area contributed by atoms with Crippen LogP contribution in [0, 0.1) is 5.92 Å². The first-order valence-corrected chi connectivity index (χ1v) is 10.9. The number of nitrogens with one attached hydrogen (secondary N) is 1. The third-order valence-electron chi connectivity index (χ3n) is 4.69. The molecule has 2 atom stereocenters. The van der Waals surface area contributed by atoms with Crippen LogP contribution < -0.4 is 5.32 Å². The number of amides is 1. The molecule has 2 aromatic carbocycles. The van der Waals surface area contributed by atoms with Crippen molar-refractivity contribution in [3.8, 4) is 0 Å². The Kier molecular flexibility index (Phi) is 7.95. The minimum atomic E-state index is -0.279. The van der Waals surface area contributed by atoms with E-state index >= 15 is 0 Å². The third kappa shape index (κ3) is 6.36. The average molecular weight is 399 g/mol. The summed E-state index contributed by atoms with van der Waals surface area (Å²) >= 11 is 1.58. The number of benzene rings is 2. The highest BCUT2D eigenvalue weighted by atomic mass is 32.2. The van der Waals surface area contributed by atoms with Gasteiger partial charge in [0.25, 0.3) is 0 Å². The smallest absolute Gasteiger partial charge is 0.238 e. The molecule has 3 rings (SSSR count). The van der Waals surface area contributed by atoms with Crippen LogP contribution in [0.1, 0.15) is 24.7 Å². The molecule has 1 fully saturated rings. The molecule has 1 saturated heterocycles. The maximum Gasteiger partial charge on any atom is 0.238 e. The Hall–Kier alpha value is -1.82. The number of rotatable bonds is 8. The maximum absolute atomic E-state index is 13.0. The molecule has 0 saturated carbocycles. The fraction of sp³-hybridized carbons (Fsp3) is 0.435. The van der Waals surface area contributed by atoms with Gasteiger partial charge in [-0.15, -0.1) is 11.8 Å². The summed E-state index contributed by atoms with van der Waals surface area (Å²) in [6.07, 6.45) is 0.0506. The third-order valence-corrected chi connectivity index (χ3v) is 5.95. The first kappa shape index (κ1) is 20.9. The number of nitrogens with zero attached hydrogens (tertiary/aromatic N) is 1. The Balaban J connectivity index is 1.61. The summed E-state index contributed by atoms with van der Waals surface area (Å²) in [5.41, 5.74) is 1.01. The standard InChI is InChI=1S/C23H30N2O2S/c1-18(2)16-25-13-14-27-20(17-25)15-24-23(26)22(19-9-5-3-6-10-19)28-21-11-7-4-8-12-21/h3-12,18,20,22H,13-17H2,1-2H3,(H,24,26). The van der Waals surface area contributed by atoms with E-state index in [1.54, 1.807) is 11.8 Å². The number of hydrogen-bond donors (Lipinski definition) is 1. The lowest BCUT2D eigenvalue weighted by Crippen LogP contribution is -2.48. The van der Waals surface area contributed by atoms with E-state index in [1.807, 2.05) is 60.7 Å². The number of carbonyl (C=O) groups excluding carboxylic acids is 1. The van der Waals surface area contributed by atoms with Crippen LogP contribution in [0.3, 0.4) is 0 Å². The van der Waals surface area contributed by atoms with Crippen molar-refractivity contribution in [3.63, 3.8) is 0 Å². The van der Waals surface area contributed by atoms with Gasteiger partial charge in [-0.05, 0) is 23.6 Å². The van der Waals surface area contributed by atoms with Crippen LogP contribution in [-0.2, 0) is 9.53 Å². The highest BCUT2D eigenvalue weighted by Gasteiger charge is 2.25. The molecule has 0 aliphatic carbocycles. The Morgan fingerprint density at radius 1 is 1.14 bits per heavy atom. The molecular weight excluding hydrogens is 368 g/mol. The molecule has 2 aromatic rings. The summed E-state index contributed by atoms with van der Waals surface area (Å²) in [6.45, 7) is 8.67. The van der Waals surface area contributed by atoms with Crippen molar-refractivity contribution >= 4 is 17.7 Å². The van der Waals surface area contributed by atoms with Gasteiger partial charge in [0.1, 0.15) is 5.25 Å². The molecule has 1 amide bonds. The topological polar surface area (TPSA) is 41.6 Å². The molecule has 1 heterocycles. The Morgan fingerprint density at radius 3 is 2.50 bits per heavy atom. The van der Waals surface area contributed by atoms with E-state index in [0.717, 1.165) is 36.7 Å². The van der Waals surface area contributed by atoms with Crippen molar-refractivity contribution in [1.29, 1.82) is 0 Å². The molecule has 0 bridgehead atoms. The van der Waals surface area contributed by atoms with Crippen molar-refractivity contribution in [2.75, 3.05) is 32.8 Å². The molecule has 0 spiro atoms. The Labute approximate surface area is 172 Å². The van der Waals surface area contributed by atoms with Crippen molar-refractivity contribution in [1.82, 2.24) is 10.2 Å². The quantitative estimate of drug-likeness (QED) is 0.683. The lowest BCUT2D eigenvalue weighted by atomic mass is 10.1. The first-order chi connectivity index (χ1) is 13.6. The van der Waals surface area contributed by atoms with Crippen LogP contribution in [0.15, 0.2) is 65.6 Å². The molecule has 28 heavy (non-hydrogen) atoms. The summed E-state index contributed by atoms with van der Waals surface area (Å²) in [5.74, 6) is 0.669. The number of thioether (sulfide) groups is 1. The zero-order valence-electron chi connectivity index (χ0n) is 16.7. The minimum absolute atomic E-state index is 0.0321. The van der Waals surface area contributed by atoms with Gasteiger partial charge in [0.05, 0.1) is 12.7 Å². The number of morpholine rings is 1. The second-order valence-electron chi connectivity index (χ2n) is 7.61. The maximum atomic E-state index is 13.0. The van der Waals surface area contributed by atoms with Crippen LogP contribution in [0.25, 0.3) is 0 Å². The van der Waals surface area contributed by atoms with Crippen LogP contribution in [0.2, 0.25) is 0 Å². The molecular formula is C23H30N2O2S. The minimum Gasteiger partial charge on any atom is -0.374 e. The predicted octanol–water partition coefficient (Wildman–Crippen LogP) is 3.99. The van der Waals surface area contributed by atoms with Gasteiger partial charge < -0.3 is 10.1 Å². The van der Waals surface area contributed by atoms with E-state index in [1.165, 1.54) is 0 Å². The number of ether oxygens (including phenoxy) is 1. The van der Waals surface area contributed by atoms with Crippen molar-refractivity contribution in [2.45, 2.75) is 30.1 Å². The highest BCUT2D eigenvalue weighted by Crippen LogP contribution is 2.35. The fourth-order valence-corrected chi connectivity index (χ4v) is 4.50. The van der Waals surface area contributed by atoms with Gasteiger partial charge >= 0.3 is 0 Å². The second kappa shape index (κ2) is 10.6. The fourth-order valence-electron chi connectivity index (χ4n) is 3.43. The highest BCUT2D eigenvalue weighted by molar-refractivity contribution is 8.00.